The molecule has 2 aromatic rings. The molecule has 0 spiro atoms. The second kappa shape index (κ2) is 8.84. The van der Waals surface area contributed by atoms with Crippen molar-refractivity contribution < 1.29 is 14.3 Å². The second-order valence-corrected chi connectivity index (χ2v) is 7.82. The summed E-state index contributed by atoms with van der Waals surface area (Å²) in [6.07, 6.45) is 1.20. The highest BCUT2D eigenvalue weighted by Crippen LogP contribution is 2.25. The molecular weight excluding hydrogens is 348 g/mol. The Hall–Kier alpha value is -1.63. The van der Waals surface area contributed by atoms with Crippen molar-refractivity contribution >= 4 is 28.6 Å². The summed E-state index contributed by atoms with van der Waals surface area (Å²) in [5.74, 6) is 0.760. The van der Waals surface area contributed by atoms with E-state index in [0.29, 0.717) is 25.4 Å². The van der Waals surface area contributed by atoms with Crippen LogP contribution in [0.2, 0.25) is 0 Å². The van der Waals surface area contributed by atoms with Gasteiger partial charge in [-0.25, -0.2) is 4.98 Å². The van der Waals surface area contributed by atoms with Gasteiger partial charge in [0.05, 0.1) is 23.2 Å². The van der Waals surface area contributed by atoms with Crippen LogP contribution in [0.25, 0.3) is 10.9 Å². The standard InChI is InChI=1S/C20H26N2O3S/c1-13-4-5-16-15(10-13)14(2)11-20(22-16)26-9-7-19(23)21-17-6-8-25-12-18(17)24-3/h4-5,10-11,17-18H,6-9,12H2,1-3H3,(H,21,23). The molecule has 2 unspecified atom stereocenters. The van der Waals surface area contributed by atoms with Gasteiger partial charge in [-0.1, -0.05) is 11.6 Å². The number of nitrogens with zero attached hydrogens (tertiary/aromatic N) is 1. The average molecular weight is 375 g/mol. The zero-order chi connectivity index (χ0) is 18.5. The van der Waals surface area contributed by atoms with Crippen LogP contribution in [0.5, 0.6) is 0 Å². The molecule has 3 rings (SSSR count). The summed E-state index contributed by atoms with van der Waals surface area (Å²) >= 11 is 1.62. The van der Waals surface area contributed by atoms with E-state index in [1.807, 2.05) is 0 Å². The van der Waals surface area contributed by atoms with Gasteiger partial charge in [0, 0.05) is 31.3 Å². The van der Waals surface area contributed by atoms with E-state index in [2.05, 4.69) is 43.4 Å². The van der Waals surface area contributed by atoms with Crippen molar-refractivity contribution in [3.63, 3.8) is 0 Å². The Kier molecular flexibility index (Phi) is 6.51. The van der Waals surface area contributed by atoms with Gasteiger partial charge in [-0.2, -0.15) is 0 Å². The lowest BCUT2D eigenvalue weighted by Gasteiger charge is -2.31. The highest BCUT2D eigenvalue weighted by Gasteiger charge is 2.26. The van der Waals surface area contributed by atoms with Crippen LogP contribution in [0.15, 0.2) is 29.3 Å². The molecule has 26 heavy (non-hydrogen) atoms. The summed E-state index contributed by atoms with van der Waals surface area (Å²) in [6, 6.07) is 8.44. The lowest BCUT2D eigenvalue weighted by atomic mass is 10.1. The third-order valence-corrected chi connectivity index (χ3v) is 5.59. The average Bonchev–Trinajstić information content (AvgIpc) is 2.63. The zero-order valence-electron chi connectivity index (χ0n) is 15.6. The van der Waals surface area contributed by atoms with Gasteiger partial charge in [0.1, 0.15) is 6.10 Å². The number of hydrogen-bond acceptors (Lipinski definition) is 5. The van der Waals surface area contributed by atoms with E-state index in [9.17, 15) is 4.79 Å². The van der Waals surface area contributed by atoms with E-state index in [1.165, 1.54) is 16.5 Å². The van der Waals surface area contributed by atoms with Crippen LogP contribution in [-0.2, 0) is 14.3 Å². The number of nitrogens with one attached hydrogen (secondary N) is 1. The van der Waals surface area contributed by atoms with Crippen LogP contribution in [0.4, 0.5) is 0 Å². The number of carbonyl (C=O) groups excluding carboxylic acids is 1. The Labute approximate surface area is 158 Å². The number of ether oxygens (including phenoxy) is 2. The maximum Gasteiger partial charge on any atom is 0.221 e. The Morgan fingerprint density at radius 1 is 1.38 bits per heavy atom. The molecular formula is C20H26N2O3S. The van der Waals surface area contributed by atoms with E-state index in [-0.39, 0.29) is 18.1 Å². The molecule has 140 valence electrons. The number of rotatable bonds is 6. The van der Waals surface area contributed by atoms with Crippen LogP contribution in [0, 0.1) is 13.8 Å². The van der Waals surface area contributed by atoms with Crippen molar-refractivity contribution in [2.45, 2.75) is 43.9 Å². The van der Waals surface area contributed by atoms with Crippen molar-refractivity contribution in [1.29, 1.82) is 0 Å². The smallest absolute Gasteiger partial charge is 0.221 e. The predicted octanol–water partition coefficient (Wildman–Crippen LogP) is 3.25. The highest BCUT2D eigenvalue weighted by atomic mass is 32.2. The van der Waals surface area contributed by atoms with Crippen LogP contribution in [-0.4, -0.2) is 49.1 Å². The fraction of sp³-hybridized carbons (Fsp3) is 0.500. The number of aryl methyl sites for hydroxylation is 2. The first kappa shape index (κ1) is 19.1. The molecule has 1 fully saturated rings. The van der Waals surface area contributed by atoms with E-state index in [4.69, 9.17) is 14.5 Å². The van der Waals surface area contributed by atoms with Crippen molar-refractivity contribution in [3.8, 4) is 0 Å². The van der Waals surface area contributed by atoms with E-state index in [1.54, 1.807) is 18.9 Å². The van der Waals surface area contributed by atoms with Crippen molar-refractivity contribution in [1.82, 2.24) is 10.3 Å². The molecule has 1 saturated heterocycles. The molecule has 1 aliphatic heterocycles. The summed E-state index contributed by atoms with van der Waals surface area (Å²) < 4.78 is 10.8. The number of methoxy groups -OCH3 is 1. The zero-order valence-corrected chi connectivity index (χ0v) is 16.4. The molecule has 0 saturated carbocycles. The first-order valence-corrected chi connectivity index (χ1v) is 9.96. The molecule has 1 N–H and O–H groups in total. The maximum atomic E-state index is 12.2. The fourth-order valence-electron chi connectivity index (χ4n) is 3.19. The normalized spacial score (nSPS) is 20.3. The fourth-order valence-corrected chi connectivity index (χ4v) is 4.11. The monoisotopic (exact) mass is 374 g/mol. The molecule has 1 aromatic heterocycles. The number of aromatic nitrogens is 1. The van der Waals surface area contributed by atoms with Crippen molar-refractivity contribution in [3.05, 3.63) is 35.4 Å². The van der Waals surface area contributed by atoms with Gasteiger partial charge in [-0.3, -0.25) is 4.79 Å². The molecule has 1 aliphatic rings. The lowest BCUT2D eigenvalue weighted by Crippen LogP contribution is -2.49. The molecule has 0 bridgehead atoms. The minimum Gasteiger partial charge on any atom is -0.379 e. The first-order chi connectivity index (χ1) is 12.6. The molecule has 5 nitrogen and oxygen atoms in total. The van der Waals surface area contributed by atoms with Crippen LogP contribution < -0.4 is 5.32 Å². The van der Waals surface area contributed by atoms with Gasteiger partial charge in [-0.05, 0) is 44.0 Å². The minimum atomic E-state index is -0.0615. The largest absolute Gasteiger partial charge is 0.379 e. The quantitative estimate of drug-likeness (QED) is 0.787. The number of fused-ring (bicyclic) bond motifs is 1. The van der Waals surface area contributed by atoms with Crippen molar-refractivity contribution in [2.24, 2.45) is 0 Å². The molecule has 1 amide bonds. The van der Waals surface area contributed by atoms with E-state index in [0.717, 1.165) is 17.0 Å². The first-order valence-electron chi connectivity index (χ1n) is 8.97. The highest BCUT2D eigenvalue weighted by molar-refractivity contribution is 7.99. The Morgan fingerprint density at radius 3 is 3.04 bits per heavy atom. The minimum absolute atomic E-state index is 0.0375. The van der Waals surface area contributed by atoms with Gasteiger partial charge >= 0.3 is 0 Å². The number of pyridine rings is 1. The molecule has 1 aromatic carbocycles. The van der Waals surface area contributed by atoms with Gasteiger partial charge in [0.15, 0.2) is 0 Å². The number of benzene rings is 1. The van der Waals surface area contributed by atoms with Gasteiger partial charge in [-0.15, -0.1) is 11.8 Å². The summed E-state index contributed by atoms with van der Waals surface area (Å²) in [7, 11) is 1.66. The summed E-state index contributed by atoms with van der Waals surface area (Å²) in [4.78, 5) is 16.9. The third kappa shape index (κ3) is 4.75. The van der Waals surface area contributed by atoms with Gasteiger partial charge < -0.3 is 14.8 Å². The SMILES string of the molecule is COC1COCCC1NC(=O)CCSc1cc(C)c2cc(C)ccc2n1. The second-order valence-electron chi connectivity index (χ2n) is 6.71. The molecule has 0 radical (unpaired) electrons. The third-order valence-electron chi connectivity index (χ3n) is 4.68. The Bertz CT molecular complexity index is 781. The Morgan fingerprint density at radius 2 is 2.23 bits per heavy atom. The number of carbonyl (C=O) groups is 1. The molecule has 6 heteroatoms. The van der Waals surface area contributed by atoms with Crippen LogP contribution in [0.1, 0.15) is 24.0 Å². The number of hydrogen-bond donors (Lipinski definition) is 1. The summed E-state index contributed by atoms with van der Waals surface area (Å²) in [5.41, 5.74) is 3.46. The van der Waals surface area contributed by atoms with Crippen LogP contribution in [0.3, 0.4) is 0 Å². The van der Waals surface area contributed by atoms with E-state index < -0.39 is 0 Å². The topological polar surface area (TPSA) is 60.5 Å². The molecule has 2 atom stereocenters. The lowest BCUT2D eigenvalue weighted by molar-refractivity contribution is -0.124. The Balaban J connectivity index is 1.53. The van der Waals surface area contributed by atoms with Gasteiger partial charge in [0.25, 0.3) is 0 Å². The predicted molar refractivity (Wildman–Crippen MR) is 105 cm³/mol. The maximum absolute atomic E-state index is 12.2. The number of amides is 1. The van der Waals surface area contributed by atoms with Gasteiger partial charge in [0.2, 0.25) is 5.91 Å². The number of thioether (sulfide) groups is 1. The van der Waals surface area contributed by atoms with Crippen molar-refractivity contribution in [2.75, 3.05) is 26.1 Å². The molecule has 2 heterocycles. The van der Waals surface area contributed by atoms with Crippen LogP contribution >= 0.6 is 11.8 Å². The van der Waals surface area contributed by atoms with E-state index >= 15 is 0 Å². The summed E-state index contributed by atoms with van der Waals surface area (Å²) in [5, 5.41) is 5.23. The molecule has 0 aliphatic carbocycles. The summed E-state index contributed by atoms with van der Waals surface area (Å²) in [6.45, 7) is 5.40.